The number of urea groups is 1. The zero-order valence-corrected chi connectivity index (χ0v) is 11.5. The Bertz CT molecular complexity index is 392. The predicted octanol–water partition coefficient (Wildman–Crippen LogP) is 0.796. The molecule has 2 atom stereocenters. The summed E-state index contributed by atoms with van der Waals surface area (Å²) in [6.07, 6.45) is 3.06. The number of amides is 2. The monoisotopic (exact) mass is 270 g/mol. The van der Waals surface area contributed by atoms with Crippen molar-refractivity contribution in [3.8, 4) is 0 Å². The molecule has 1 saturated carbocycles. The van der Waals surface area contributed by atoms with Gasteiger partial charge in [0.15, 0.2) is 0 Å². The van der Waals surface area contributed by atoms with Gasteiger partial charge in [-0.15, -0.1) is 0 Å². The Balaban J connectivity index is 2.01. The highest BCUT2D eigenvalue weighted by molar-refractivity contribution is 5.86. The number of carbonyl (C=O) groups is 2. The minimum atomic E-state index is -1.19. The second kappa shape index (κ2) is 4.67. The normalized spacial score (nSPS) is 30.6. The Morgan fingerprint density at radius 1 is 1.42 bits per heavy atom. The van der Waals surface area contributed by atoms with Crippen LogP contribution in [0.25, 0.3) is 0 Å². The van der Waals surface area contributed by atoms with Gasteiger partial charge in [-0.1, -0.05) is 0 Å². The van der Waals surface area contributed by atoms with Gasteiger partial charge in [-0.25, -0.2) is 9.59 Å². The summed E-state index contributed by atoms with van der Waals surface area (Å²) in [6, 6.07) is -0.392. The fraction of sp³-hybridized carbons (Fsp3) is 0.846. The number of hydrogen-bond acceptors (Lipinski definition) is 3. The summed E-state index contributed by atoms with van der Waals surface area (Å²) in [5.41, 5.74) is -2.07. The van der Waals surface area contributed by atoms with E-state index in [1.165, 1.54) is 4.90 Å². The number of carbonyl (C=O) groups excluding carboxylic acids is 1. The van der Waals surface area contributed by atoms with Crippen LogP contribution in [0.2, 0.25) is 0 Å². The SMILES string of the molecule is CC1(O)CCCN(C(=O)NC(C)(C(=O)O)C2CC2)C1. The Kier molecular flexibility index (Phi) is 3.47. The van der Waals surface area contributed by atoms with Gasteiger partial charge in [0.05, 0.1) is 12.1 Å². The molecule has 3 N–H and O–H groups in total. The number of hydrogen-bond donors (Lipinski definition) is 3. The smallest absolute Gasteiger partial charge is 0.329 e. The molecular weight excluding hydrogens is 248 g/mol. The van der Waals surface area contributed by atoms with E-state index in [9.17, 15) is 19.8 Å². The Morgan fingerprint density at radius 2 is 2.05 bits per heavy atom. The number of aliphatic hydroxyl groups is 1. The Hall–Kier alpha value is -1.30. The van der Waals surface area contributed by atoms with E-state index in [0.29, 0.717) is 13.0 Å². The fourth-order valence-corrected chi connectivity index (χ4v) is 2.69. The van der Waals surface area contributed by atoms with E-state index >= 15 is 0 Å². The maximum Gasteiger partial charge on any atom is 0.329 e. The van der Waals surface area contributed by atoms with E-state index in [-0.39, 0.29) is 12.5 Å². The standard InChI is InChI=1S/C13H22N2O4/c1-12(19)6-3-7-15(8-12)11(18)14-13(2,10(16)17)9-4-5-9/h9,19H,3-8H2,1-2H3,(H,14,18)(H,16,17). The highest BCUT2D eigenvalue weighted by Gasteiger charge is 2.49. The van der Waals surface area contributed by atoms with Crippen LogP contribution < -0.4 is 5.32 Å². The number of nitrogens with one attached hydrogen (secondary N) is 1. The molecule has 6 nitrogen and oxygen atoms in total. The third-order valence-electron chi connectivity index (χ3n) is 4.17. The van der Waals surface area contributed by atoms with Crippen molar-refractivity contribution >= 4 is 12.0 Å². The topological polar surface area (TPSA) is 89.9 Å². The van der Waals surface area contributed by atoms with Crippen LogP contribution in [0, 0.1) is 5.92 Å². The van der Waals surface area contributed by atoms with Crippen LogP contribution >= 0.6 is 0 Å². The maximum absolute atomic E-state index is 12.2. The van der Waals surface area contributed by atoms with Gasteiger partial charge >= 0.3 is 12.0 Å². The second-order valence-corrected chi connectivity index (χ2v) is 6.23. The summed E-state index contributed by atoms with van der Waals surface area (Å²) in [7, 11) is 0. The maximum atomic E-state index is 12.2. The lowest BCUT2D eigenvalue weighted by atomic mass is 9.94. The molecule has 108 valence electrons. The molecule has 1 aliphatic carbocycles. The molecule has 0 aromatic rings. The number of aliphatic carboxylic acids is 1. The van der Waals surface area contributed by atoms with Gasteiger partial charge < -0.3 is 20.4 Å². The number of piperidine rings is 1. The first-order valence-electron chi connectivity index (χ1n) is 6.77. The van der Waals surface area contributed by atoms with Crippen LogP contribution in [0.5, 0.6) is 0 Å². The van der Waals surface area contributed by atoms with Crippen molar-refractivity contribution in [2.75, 3.05) is 13.1 Å². The summed E-state index contributed by atoms with van der Waals surface area (Å²) >= 11 is 0. The summed E-state index contributed by atoms with van der Waals surface area (Å²) in [4.78, 5) is 25.1. The molecule has 1 saturated heterocycles. The molecular formula is C13H22N2O4. The van der Waals surface area contributed by atoms with E-state index in [4.69, 9.17) is 0 Å². The van der Waals surface area contributed by atoms with Crippen LogP contribution in [-0.2, 0) is 4.79 Å². The minimum Gasteiger partial charge on any atom is -0.480 e. The van der Waals surface area contributed by atoms with Gasteiger partial charge in [-0.3, -0.25) is 0 Å². The van der Waals surface area contributed by atoms with Crippen molar-refractivity contribution in [3.63, 3.8) is 0 Å². The minimum absolute atomic E-state index is 0.0132. The predicted molar refractivity (Wildman–Crippen MR) is 68.7 cm³/mol. The summed E-state index contributed by atoms with van der Waals surface area (Å²) < 4.78 is 0. The van der Waals surface area contributed by atoms with Gasteiger partial charge in [-0.05, 0) is 45.4 Å². The van der Waals surface area contributed by atoms with Crippen molar-refractivity contribution in [2.45, 2.75) is 50.7 Å². The van der Waals surface area contributed by atoms with E-state index in [1.54, 1.807) is 13.8 Å². The lowest BCUT2D eigenvalue weighted by Gasteiger charge is -2.38. The highest BCUT2D eigenvalue weighted by Crippen LogP contribution is 2.40. The van der Waals surface area contributed by atoms with Crippen molar-refractivity contribution in [2.24, 2.45) is 5.92 Å². The van der Waals surface area contributed by atoms with E-state index in [2.05, 4.69) is 5.32 Å². The highest BCUT2D eigenvalue weighted by atomic mass is 16.4. The van der Waals surface area contributed by atoms with E-state index in [0.717, 1.165) is 19.3 Å². The molecule has 0 aromatic carbocycles. The average molecular weight is 270 g/mol. The van der Waals surface area contributed by atoms with Crippen LogP contribution in [0.1, 0.15) is 39.5 Å². The number of likely N-dealkylation sites (tertiary alicyclic amines) is 1. The van der Waals surface area contributed by atoms with Crippen molar-refractivity contribution in [1.29, 1.82) is 0 Å². The van der Waals surface area contributed by atoms with Crippen molar-refractivity contribution < 1.29 is 19.8 Å². The van der Waals surface area contributed by atoms with Crippen LogP contribution in [0.15, 0.2) is 0 Å². The van der Waals surface area contributed by atoms with Crippen LogP contribution in [0.3, 0.4) is 0 Å². The molecule has 0 spiro atoms. The number of nitrogens with zero attached hydrogens (tertiary/aromatic N) is 1. The zero-order chi connectivity index (χ0) is 14.3. The van der Waals surface area contributed by atoms with E-state index < -0.39 is 23.1 Å². The third kappa shape index (κ3) is 3.00. The van der Waals surface area contributed by atoms with Gasteiger partial charge in [0.25, 0.3) is 0 Å². The lowest BCUT2D eigenvalue weighted by molar-refractivity contribution is -0.144. The molecule has 0 radical (unpaired) electrons. The van der Waals surface area contributed by atoms with Crippen LogP contribution in [-0.4, -0.2) is 51.3 Å². The van der Waals surface area contributed by atoms with Gasteiger partial charge in [-0.2, -0.15) is 0 Å². The molecule has 1 heterocycles. The molecule has 2 amide bonds. The van der Waals surface area contributed by atoms with Crippen molar-refractivity contribution in [3.05, 3.63) is 0 Å². The number of β-amino-alcohol motifs (C(OH)–C–C–N with tert-alkyl or cyclic N) is 1. The number of carboxylic acid groups (broad SMARTS) is 1. The molecule has 2 fully saturated rings. The third-order valence-corrected chi connectivity index (χ3v) is 4.17. The largest absolute Gasteiger partial charge is 0.480 e. The number of rotatable bonds is 3. The molecule has 19 heavy (non-hydrogen) atoms. The Labute approximate surface area is 112 Å². The first kappa shape index (κ1) is 14.1. The van der Waals surface area contributed by atoms with Crippen LogP contribution in [0.4, 0.5) is 4.79 Å². The molecule has 0 aromatic heterocycles. The molecule has 0 bridgehead atoms. The zero-order valence-electron chi connectivity index (χ0n) is 11.5. The van der Waals surface area contributed by atoms with E-state index in [1.807, 2.05) is 0 Å². The quantitative estimate of drug-likeness (QED) is 0.707. The first-order chi connectivity index (χ1) is 8.74. The van der Waals surface area contributed by atoms with Gasteiger partial charge in [0, 0.05) is 6.54 Å². The molecule has 2 aliphatic rings. The molecule has 6 heteroatoms. The summed E-state index contributed by atoms with van der Waals surface area (Å²) in [6.45, 7) is 4.07. The lowest BCUT2D eigenvalue weighted by Crippen LogP contribution is -2.60. The molecule has 1 aliphatic heterocycles. The summed E-state index contributed by atoms with van der Waals surface area (Å²) in [5.74, 6) is -0.980. The first-order valence-corrected chi connectivity index (χ1v) is 6.77. The average Bonchev–Trinajstić information content (AvgIpc) is 3.11. The molecule has 2 rings (SSSR count). The van der Waals surface area contributed by atoms with Gasteiger partial charge in [0.2, 0.25) is 0 Å². The van der Waals surface area contributed by atoms with Crippen molar-refractivity contribution in [1.82, 2.24) is 10.2 Å². The fourth-order valence-electron chi connectivity index (χ4n) is 2.69. The molecule has 2 unspecified atom stereocenters. The number of carboxylic acids is 1. The Morgan fingerprint density at radius 3 is 2.53 bits per heavy atom. The summed E-state index contributed by atoms with van der Waals surface area (Å²) in [5, 5.41) is 21.9. The second-order valence-electron chi connectivity index (χ2n) is 6.23. The van der Waals surface area contributed by atoms with Gasteiger partial charge in [0.1, 0.15) is 5.54 Å².